The van der Waals surface area contributed by atoms with Crippen molar-refractivity contribution in [2.24, 2.45) is 5.73 Å². The topological polar surface area (TPSA) is 137 Å². The van der Waals surface area contributed by atoms with E-state index < -0.39 is 57.5 Å². The second kappa shape index (κ2) is 7.27. The van der Waals surface area contributed by atoms with E-state index in [-0.39, 0.29) is 0 Å². The average Bonchev–Trinajstić information content (AvgIpc) is 2.55. The lowest BCUT2D eigenvalue weighted by molar-refractivity contribution is -0.385. The van der Waals surface area contributed by atoms with Crippen LogP contribution in [0.3, 0.4) is 0 Å². The zero-order chi connectivity index (χ0) is 20.4. The molecule has 2 rings (SSSR count). The summed E-state index contributed by atoms with van der Waals surface area (Å²) >= 11 is 0. The minimum absolute atomic E-state index is 0.518. The van der Waals surface area contributed by atoms with Crippen molar-refractivity contribution < 1.29 is 27.7 Å². The monoisotopic (exact) mass is 384 g/mol. The lowest BCUT2D eigenvalue weighted by atomic mass is 10.1. The Labute approximate surface area is 148 Å². The molecule has 1 aromatic carbocycles. The number of amides is 2. The van der Waals surface area contributed by atoms with E-state index in [1.807, 2.05) is 5.32 Å². The van der Waals surface area contributed by atoms with Gasteiger partial charge in [-0.1, -0.05) is 12.1 Å². The van der Waals surface area contributed by atoms with Crippen LogP contribution in [-0.2, 0) is 17.5 Å². The summed E-state index contributed by atoms with van der Waals surface area (Å²) in [7, 11) is 0. The maximum atomic E-state index is 12.9. The van der Waals surface area contributed by atoms with Gasteiger partial charge in [-0.3, -0.25) is 29.1 Å². The highest BCUT2D eigenvalue weighted by atomic mass is 19.4. The number of alkyl halides is 3. The second-order valence-corrected chi connectivity index (χ2v) is 5.26. The van der Waals surface area contributed by atoms with E-state index in [0.717, 1.165) is 18.2 Å². The van der Waals surface area contributed by atoms with Gasteiger partial charge in [-0.15, -0.1) is 0 Å². The Morgan fingerprint density at radius 3 is 2.44 bits per heavy atom. The Morgan fingerprint density at radius 2 is 1.89 bits per heavy atom. The van der Waals surface area contributed by atoms with E-state index in [9.17, 15) is 37.7 Å². The molecule has 0 atom stereocenters. The van der Waals surface area contributed by atoms with Crippen LogP contribution >= 0.6 is 0 Å². The maximum absolute atomic E-state index is 12.9. The number of carbonyl (C=O) groups excluding carboxylic acids is 2. The molecule has 0 aliphatic heterocycles. The van der Waals surface area contributed by atoms with Crippen molar-refractivity contribution in [1.29, 1.82) is 0 Å². The zero-order valence-corrected chi connectivity index (χ0v) is 13.3. The molecule has 12 heteroatoms. The van der Waals surface area contributed by atoms with Crippen LogP contribution < -0.4 is 16.6 Å². The molecule has 0 spiro atoms. The summed E-state index contributed by atoms with van der Waals surface area (Å²) in [6.45, 7) is -0.868. The third-order valence-corrected chi connectivity index (χ3v) is 3.37. The number of hydrogen-bond donors (Lipinski definition) is 2. The van der Waals surface area contributed by atoms with Crippen LogP contribution in [0, 0.1) is 10.1 Å². The molecule has 0 saturated carbocycles. The third-order valence-electron chi connectivity index (χ3n) is 3.37. The van der Waals surface area contributed by atoms with Gasteiger partial charge in [-0.05, 0) is 12.1 Å². The van der Waals surface area contributed by atoms with Crippen molar-refractivity contribution in [2.75, 3.05) is 5.32 Å². The van der Waals surface area contributed by atoms with Gasteiger partial charge in [-0.25, -0.2) is 0 Å². The standard InChI is InChI=1S/C15H11F3N4O5/c16-15(17,18)10-3-1-2-4-11(10)20-12(23)7-21-6-8(22(26)27)5-9(13(19)24)14(21)25/h1-6H,7H2,(H2,19,24)(H,20,23). The first-order valence-electron chi connectivity index (χ1n) is 7.15. The van der Waals surface area contributed by atoms with Crippen molar-refractivity contribution in [3.8, 4) is 0 Å². The summed E-state index contributed by atoms with van der Waals surface area (Å²) in [5.74, 6) is -2.31. The number of primary amides is 1. The van der Waals surface area contributed by atoms with Crippen molar-refractivity contribution in [1.82, 2.24) is 4.57 Å². The summed E-state index contributed by atoms with van der Waals surface area (Å²) in [6, 6.07) is 4.79. The maximum Gasteiger partial charge on any atom is 0.418 e. The zero-order valence-electron chi connectivity index (χ0n) is 13.3. The fraction of sp³-hybridized carbons (Fsp3) is 0.133. The van der Waals surface area contributed by atoms with Gasteiger partial charge in [0.25, 0.3) is 17.2 Å². The van der Waals surface area contributed by atoms with Crippen molar-refractivity contribution in [3.05, 3.63) is 68.1 Å². The molecule has 0 saturated heterocycles. The van der Waals surface area contributed by atoms with Crippen molar-refractivity contribution >= 4 is 23.2 Å². The summed E-state index contributed by atoms with van der Waals surface area (Å²) in [4.78, 5) is 45.3. The van der Waals surface area contributed by atoms with Gasteiger partial charge in [0.05, 0.1) is 22.4 Å². The fourth-order valence-corrected chi connectivity index (χ4v) is 2.20. The summed E-state index contributed by atoms with van der Waals surface area (Å²) < 4.78 is 39.3. The fourth-order valence-electron chi connectivity index (χ4n) is 2.20. The smallest absolute Gasteiger partial charge is 0.365 e. The van der Waals surface area contributed by atoms with Crippen LogP contribution in [0.2, 0.25) is 0 Å². The molecule has 0 aliphatic rings. The Kier molecular flexibility index (Phi) is 5.28. The molecular weight excluding hydrogens is 373 g/mol. The van der Waals surface area contributed by atoms with Crippen LogP contribution in [0.4, 0.5) is 24.5 Å². The Balaban J connectivity index is 2.36. The minimum Gasteiger partial charge on any atom is -0.365 e. The number of para-hydroxylation sites is 1. The van der Waals surface area contributed by atoms with E-state index in [1.165, 1.54) is 6.07 Å². The van der Waals surface area contributed by atoms with E-state index in [1.54, 1.807) is 0 Å². The number of halogens is 3. The Hall–Kier alpha value is -3.70. The number of hydrogen-bond acceptors (Lipinski definition) is 5. The molecule has 0 aliphatic carbocycles. The molecule has 1 heterocycles. The highest BCUT2D eigenvalue weighted by Crippen LogP contribution is 2.34. The first-order valence-corrected chi connectivity index (χ1v) is 7.15. The minimum atomic E-state index is -4.73. The number of nitrogens with one attached hydrogen (secondary N) is 1. The van der Waals surface area contributed by atoms with Gasteiger partial charge in [0.2, 0.25) is 5.91 Å². The van der Waals surface area contributed by atoms with Gasteiger partial charge in [-0.2, -0.15) is 13.2 Å². The summed E-state index contributed by atoms with van der Waals surface area (Å²) in [5.41, 5.74) is 0.806. The molecule has 0 radical (unpaired) electrons. The van der Waals surface area contributed by atoms with E-state index >= 15 is 0 Å². The Bertz CT molecular complexity index is 984. The van der Waals surface area contributed by atoms with Gasteiger partial charge < -0.3 is 11.1 Å². The predicted molar refractivity (Wildman–Crippen MR) is 85.9 cm³/mol. The first kappa shape index (κ1) is 19.6. The molecule has 27 heavy (non-hydrogen) atoms. The molecule has 3 N–H and O–H groups in total. The lowest BCUT2D eigenvalue weighted by Crippen LogP contribution is -2.33. The third kappa shape index (κ3) is 4.48. The quantitative estimate of drug-likeness (QED) is 0.595. The van der Waals surface area contributed by atoms with Gasteiger partial charge >= 0.3 is 6.18 Å². The number of benzene rings is 1. The van der Waals surface area contributed by atoms with Crippen molar-refractivity contribution in [3.63, 3.8) is 0 Å². The SMILES string of the molecule is NC(=O)c1cc([N+](=O)[O-])cn(CC(=O)Nc2ccccc2C(F)(F)F)c1=O. The van der Waals surface area contributed by atoms with Gasteiger partial charge in [0, 0.05) is 6.07 Å². The van der Waals surface area contributed by atoms with E-state index in [2.05, 4.69) is 0 Å². The van der Waals surface area contributed by atoms with Gasteiger partial charge in [0.15, 0.2) is 0 Å². The number of nitro groups is 1. The molecule has 1 aromatic heterocycles. The predicted octanol–water partition coefficient (Wildman–Crippen LogP) is 1.51. The average molecular weight is 384 g/mol. The number of pyridine rings is 1. The summed E-state index contributed by atoms with van der Waals surface area (Å²) in [6.07, 6.45) is -4.05. The first-order chi connectivity index (χ1) is 12.5. The molecule has 142 valence electrons. The molecule has 0 unspecified atom stereocenters. The molecular formula is C15H11F3N4O5. The number of aromatic nitrogens is 1. The molecule has 9 nitrogen and oxygen atoms in total. The van der Waals surface area contributed by atoms with E-state index in [4.69, 9.17) is 5.73 Å². The normalized spacial score (nSPS) is 11.1. The molecule has 0 fully saturated rings. The lowest BCUT2D eigenvalue weighted by Gasteiger charge is -2.14. The highest BCUT2D eigenvalue weighted by Gasteiger charge is 2.33. The summed E-state index contributed by atoms with van der Waals surface area (Å²) in [5, 5.41) is 12.9. The van der Waals surface area contributed by atoms with Crippen LogP contribution in [0.5, 0.6) is 0 Å². The second-order valence-electron chi connectivity index (χ2n) is 5.26. The molecule has 2 amide bonds. The largest absolute Gasteiger partial charge is 0.418 e. The number of anilines is 1. The van der Waals surface area contributed by atoms with Crippen molar-refractivity contribution in [2.45, 2.75) is 12.7 Å². The van der Waals surface area contributed by atoms with Crippen LogP contribution in [0.1, 0.15) is 15.9 Å². The van der Waals surface area contributed by atoms with Crippen LogP contribution in [-0.4, -0.2) is 21.3 Å². The Morgan fingerprint density at radius 1 is 1.26 bits per heavy atom. The number of nitrogens with zero attached hydrogens (tertiary/aromatic N) is 2. The molecule has 2 aromatic rings. The molecule has 0 bridgehead atoms. The highest BCUT2D eigenvalue weighted by molar-refractivity contribution is 5.94. The number of nitrogens with two attached hydrogens (primary N) is 1. The number of rotatable bonds is 5. The van der Waals surface area contributed by atoms with E-state index in [0.29, 0.717) is 16.8 Å². The van der Waals surface area contributed by atoms with Gasteiger partial charge in [0.1, 0.15) is 12.1 Å². The number of carbonyl (C=O) groups is 2. The van der Waals surface area contributed by atoms with Crippen LogP contribution in [0.15, 0.2) is 41.3 Å². The van der Waals surface area contributed by atoms with Crippen LogP contribution in [0.25, 0.3) is 0 Å².